The van der Waals surface area contributed by atoms with Crippen molar-refractivity contribution >= 4 is 17.8 Å². The lowest BCUT2D eigenvalue weighted by atomic mass is 10.1. The van der Waals surface area contributed by atoms with Gasteiger partial charge in [0.1, 0.15) is 6.04 Å². The maximum absolute atomic E-state index is 11.4. The molecule has 1 aliphatic heterocycles. The van der Waals surface area contributed by atoms with Crippen molar-refractivity contribution in [2.75, 3.05) is 13.1 Å². The van der Waals surface area contributed by atoms with Crippen LogP contribution in [0.5, 0.6) is 0 Å². The molecule has 6 nitrogen and oxygen atoms in total. The second-order valence-corrected chi connectivity index (χ2v) is 3.90. The predicted octanol–water partition coefficient (Wildman–Crippen LogP) is -0.412. The third-order valence-electron chi connectivity index (χ3n) is 2.50. The molecule has 1 aliphatic rings. The van der Waals surface area contributed by atoms with Crippen molar-refractivity contribution in [1.29, 1.82) is 0 Å². The average molecular weight is 228 g/mol. The number of amides is 2. The lowest BCUT2D eigenvalue weighted by Crippen LogP contribution is -2.46. The summed E-state index contributed by atoms with van der Waals surface area (Å²) < 4.78 is 0. The summed E-state index contributed by atoms with van der Waals surface area (Å²) in [7, 11) is 0. The number of piperidine rings is 1. The number of rotatable bonds is 4. The van der Waals surface area contributed by atoms with Gasteiger partial charge < -0.3 is 15.3 Å². The molecule has 1 heterocycles. The van der Waals surface area contributed by atoms with Gasteiger partial charge in [-0.15, -0.1) is 0 Å². The van der Waals surface area contributed by atoms with Crippen LogP contribution in [0, 0.1) is 0 Å². The second-order valence-electron chi connectivity index (χ2n) is 3.90. The van der Waals surface area contributed by atoms with Gasteiger partial charge in [0.05, 0.1) is 6.54 Å². The Morgan fingerprint density at radius 2 is 2.19 bits per heavy atom. The van der Waals surface area contributed by atoms with Crippen molar-refractivity contribution in [1.82, 2.24) is 10.2 Å². The maximum Gasteiger partial charge on any atom is 0.325 e. The smallest absolute Gasteiger partial charge is 0.325 e. The summed E-state index contributed by atoms with van der Waals surface area (Å²) in [6.45, 7) is 1.92. The summed E-state index contributed by atoms with van der Waals surface area (Å²) in [4.78, 5) is 34.7. The fourth-order valence-corrected chi connectivity index (χ4v) is 1.55. The minimum Gasteiger partial charge on any atom is -0.480 e. The fraction of sp³-hybridized carbons (Fsp3) is 0.700. The van der Waals surface area contributed by atoms with Crippen LogP contribution < -0.4 is 5.32 Å². The zero-order valence-corrected chi connectivity index (χ0v) is 9.23. The summed E-state index contributed by atoms with van der Waals surface area (Å²) in [5.41, 5.74) is 0. The Morgan fingerprint density at radius 1 is 1.50 bits per heavy atom. The van der Waals surface area contributed by atoms with E-state index < -0.39 is 17.9 Å². The number of carbonyl (C=O) groups excluding carboxylic acids is 2. The van der Waals surface area contributed by atoms with Crippen LogP contribution in [0.4, 0.5) is 0 Å². The molecule has 1 rings (SSSR count). The summed E-state index contributed by atoms with van der Waals surface area (Å²) in [5.74, 6) is -1.55. The average Bonchev–Trinajstić information content (AvgIpc) is 2.21. The number of aliphatic carboxylic acids is 1. The predicted molar refractivity (Wildman–Crippen MR) is 55.7 cm³/mol. The Labute approximate surface area is 93.6 Å². The van der Waals surface area contributed by atoms with Crippen molar-refractivity contribution in [3.05, 3.63) is 0 Å². The molecule has 1 fully saturated rings. The topological polar surface area (TPSA) is 86.7 Å². The first kappa shape index (κ1) is 12.5. The number of hydrogen-bond donors (Lipinski definition) is 2. The first-order chi connectivity index (χ1) is 7.50. The minimum atomic E-state index is -1.08. The van der Waals surface area contributed by atoms with Crippen LogP contribution in [0.3, 0.4) is 0 Å². The number of nitrogens with zero attached hydrogens (tertiary/aromatic N) is 1. The van der Waals surface area contributed by atoms with Gasteiger partial charge >= 0.3 is 5.97 Å². The van der Waals surface area contributed by atoms with Gasteiger partial charge in [0, 0.05) is 13.0 Å². The molecular formula is C10H16N2O4. The highest BCUT2D eigenvalue weighted by molar-refractivity contribution is 5.87. The lowest BCUT2D eigenvalue weighted by molar-refractivity contribution is -0.142. The number of hydrogen-bond acceptors (Lipinski definition) is 3. The fourth-order valence-electron chi connectivity index (χ4n) is 1.55. The SMILES string of the molecule is C[C@@H](NC(=O)CN1CCCCC1=O)C(=O)O. The molecule has 1 atom stereocenters. The molecule has 0 aliphatic carbocycles. The zero-order chi connectivity index (χ0) is 12.1. The van der Waals surface area contributed by atoms with Crippen LogP contribution in [0.25, 0.3) is 0 Å². The Morgan fingerprint density at radius 3 is 2.75 bits per heavy atom. The molecule has 90 valence electrons. The molecule has 0 bridgehead atoms. The van der Waals surface area contributed by atoms with Crippen molar-refractivity contribution in [2.45, 2.75) is 32.2 Å². The standard InChI is InChI=1S/C10H16N2O4/c1-7(10(15)16)11-8(13)6-12-5-3-2-4-9(12)14/h7H,2-6H2,1H3,(H,11,13)(H,15,16)/t7-/m1/s1. The molecule has 16 heavy (non-hydrogen) atoms. The molecule has 1 saturated heterocycles. The summed E-state index contributed by atoms with van der Waals surface area (Å²) in [6, 6.07) is -0.924. The molecule has 0 unspecified atom stereocenters. The lowest BCUT2D eigenvalue weighted by Gasteiger charge is -2.26. The van der Waals surface area contributed by atoms with E-state index >= 15 is 0 Å². The summed E-state index contributed by atoms with van der Waals surface area (Å²) in [6.07, 6.45) is 2.23. The molecule has 0 aromatic rings. The summed E-state index contributed by atoms with van der Waals surface area (Å²) in [5, 5.41) is 10.9. The second kappa shape index (κ2) is 5.48. The van der Waals surface area contributed by atoms with Gasteiger partial charge in [0.2, 0.25) is 11.8 Å². The van der Waals surface area contributed by atoms with Crippen LogP contribution in [-0.4, -0.2) is 46.9 Å². The third kappa shape index (κ3) is 3.52. The number of carboxylic acids is 1. The van der Waals surface area contributed by atoms with Gasteiger partial charge in [-0.25, -0.2) is 0 Å². The Hall–Kier alpha value is -1.59. The van der Waals surface area contributed by atoms with Gasteiger partial charge in [-0.2, -0.15) is 0 Å². The number of carboxylic acid groups (broad SMARTS) is 1. The van der Waals surface area contributed by atoms with Crippen molar-refractivity contribution in [2.24, 2.45) is 0 Å². The highest BCUT2D eigenvalue weighted by Crippen LogP contribution is 2.09. The minimum absolute atomic E-state index is 0.0376. The van der Waals surface area contributed by atoms with E-state index in [1.165, 1.54) is 11.8 Å². The largest absolute Gasteiger partial charge is 0.480 e. The molecule has 0 aromatic heterocycles. The molecular weight excluding hydrogens is 212 g/mol. The molecule has 0 radical (unpaired) electrons. The normalized spacial score (nSPS) is 18.1. The van der Waals surface area contributed by atoms with E-state index in [4.69, 9.17) is 5.11 Å². The van der Waals surface area contributed by atoms with E-state index in [1.54, 1.807) is 0 Å². The molecule has 6 heteroatoms. The van der Waals surface area contributed by atoms with Crippen LogP contribution in [0.2, 0.25) is 0 Å². The van der Waals surface area contributed by atoms with Crippen LogP contribution in [0.15, 0.2) is 0 Å². The Balaban J connectivity index is 2.38. The molecule has 0 saturated carbocycles. The maximum atomic E-state index is 11.4. The Kier molecular flexibility index (Phi) is 4.28. The first-order valence-corrected chi connectivity index (χ1v) is 5.30. The van der Waals surface area contributed by atoms with E-state index in [0.717, 1.165) is 12.8 Å². The van der Waals surface area contributed by atoms with Gasteiger partial charge in [0.25, 0.3) is 0 Å². The van der Waals surface area contributed by atoms with E-state index in [0.29, 0.717) is 13.0 Å². The van der Waals surface area contributed by atoms with Crippen molar-refractivity contribution < 1.29 is 19.5 Å². The van der Waals surface area contributed by atoms with Crippen LogP contribution in [0.1, 0.15) is 26.2 Å². The Bertz CT molecular complexity index is 303. The third-order valence-corrected chi connectivity index (χ3v) is 2.50. The summed E-state index contributed by atoms with van der Waals surface area (Å²) >= 11 is 0. The zero-order valence-electron chi connectivity index (χ0n) is 9.23. The molecule has 2 N–H and O–H groups in total. The van der Waals surface area contributed by atoms with Crippen LogP contribution in [-0.2, 0) is 14.4 Å². The highest BCUT2D eigenvalue weighted by atomic mass is 16.4. The van der Waals surface area contributed by atoms with E-state index in [9.17, 15) is 14.4 Å². The van der Waals surface area contributed by atoms with Crippen molar-refractivity contribution in [3.63, 3.8) is 0 Å². The number of carbonyl (C=O) groups is 3. The number of nitrogens with one attached hydrogen (secondary N) is 1. The molecule has 0 spiro atoms. The molecule has 0 aromatic carbocycles. The molecule has 2 amide bonds. The monoisotopic (exact) mass is 228 g/mol. The van der Waals surface area contributed by atoms with Gasteiger partial charge in [0.15, 0.2) is 0 Å². The van der Waals surface area contributed by atoms with E-state index in [-0.39, 0.29) is 12.5 Å². The van der Waals surface area contributed by atoms with E-state index in [2.05, 4.69) is 5.32 Å². The quantitative estimate of drug-likeness (QED) is 0.684. The van der Waals surface area contributed by atoms with Crippen LogP contribution >= 0.6 is 0 Å². The van der Waals surface area contributed by atoms with Gasteiger partial charge in [-0.3, -0.25) is 14.4 Å². The highest BCUT2D eigenvalue weighted by Gasteiger charge is 2.22. The first-order valence-electron chi connectivity index (χ1n) is 5.30. The van der Waals surface area contributed by atoms with Gasteiger partial charge in [-0.05, 0) is 19.8 Å². The van der Waals surface area contributed by atoms with E-state index in [1.807, 2.05) is 0 Å². The van der Waals surface area contributed by atoms with Gasteiger partial charge in [-0.1, -0.05) is 0 Å². The van der Waals surface area contributed by atoms with Crippen molar-refractivity contribution in [3.8, 4) is 0 Å². The number of likely N-dealkylation sites (tertiary alicyclic amines) is 1.